The quantitative estimate of drug-likeness (QED) is 0.777. The number of H-pyrrole nitrogens is 1. The summed E-state index contributed by atoms with van der Waals surface area (Å²) in [4.78, 5) is 12.7. The summed E-state index contributed by atoms with van der Waals surface area (Å²) in [5.74, 6) is 0.428. The largest absolute Gasteiger partial charge is 0.495 e. The van der Waals surface area contributed by atoms with Gasteiger partial charge in [0.05, 0.1) is 18.5 Å². The molecule has 0 aliphatic heterocycles. The molecule has 0 atom stereocenters. The normalized spacial score (nSPS) is 12.2. The Hall–Kier alpha value is -3.08. The fourth-order valence-corrected chi connectivity index (χ4v) is 3.18. The number of hydrogen-bond donors (Lipinski definition) is 2. The smallest absolute Gasteiger partial charge is 0.274 e. The number of methoxy groups -OCH3 is 1. The van der Waals surface area contributed by atoms with E-state index in [1.165, 1.54) is 5.56 Å². The highest BCUT2D eigenvalue weighted by Gasteiger charge is 2.25. The lowest BCUT2D eigenvalue weighted by Crippen LogP contribution is -2.16. The molecular formula is C19H17N3O2. The van der Waals surface area contributed by atoms with Gasteiger partial charge in [-0.3, -0.25) is 9.89 Å². The van der Waals surface area contributed by atoms with Gasteiger partial charge in [0.25, 0.3) is 5.91 Å². The Labute approximate surface area is 139 Å². The molecule has 0 saturated carbocycles. The zero-order chi connectivity index (χ0) is 16.5. The van der Waals surface area contributed by atoms with Gasteiger partial charge in [-0.05, 0) is 30.5 Å². The molecule has 2 aromatic carbocycles. The van der Waals surface area contributed by atoms with E-state index in [9.17, 15) is 4.79 Å². The van der Waals surface area contributed by atoms with E-state index in [-0.39, 0.29) is 5.91 Å². The fraction of sp³-hybridized carbons (Fsp3) is 0.158. The van der Waals surface area contributed by atoms with E-state index in [2.05, 4.69) is 27.6 Å². The zero-order valence-corrected chi connectivity index (χ0v) is 13.3. The third-order valence-electron chi connectivity index (χ3n) is 4.37. The number of aromatic amines is 1. The number of aryl methyl sites for hydroxylation is 1. The molecule has 1 heterocycles. The number of aromatic nitrogens is 2. The van der Waals surface area contributed by atoms with Crippen molar-refractivity contribution < 1.29 is 9.53 Å². The minimum absolute atomic E-state index is 0.201. The van der Waals surface area contributed by atoms with E-state index >= 15 is 0 Å². The molecule has 0 fully saturated rings. The van der Waals surface area contributed by atoms with E-state index in [0.717, 1.165) is 29.7 Å². The van der Waals surface area contributed by atoms with Crippen LogP contribution in [0.2, 0.25) is 0 Å². The monoisotopic (exact) mass is 319 g/mol. The minimum atomic E-state index is -0.201. The highest BCUT2D eigenvalue weighted by molar-refractivity contribution is 6.05. The maximum atomic E-state index is 12.7. The number of ether oxygens (including phenoxy) is 1. The Morgan fingerprint density at radius 2 is 1.92 bits per heavy atom. The van der Waals surface area contributed by atoms with Crippen molar-refractivity contribution in [1.82, 2.24) is 10.2 Å². The highest BCUT2D eigenvalue weighted by atomic mass is 16.5. The average molecular weight is 319 g/mol. The van der Waals surface area contributed by atoms with Gasteiger partial charge >= 0.3 is 0 Å². The van der Waals surface area contributed by atoms with Crippen molar-refractivity contribution in [2.75, 3.05) is 12.4 Å². The summed E-state index contributed by atoms with van der Waals surface area (Å²) < 4.78 is 5.28. The van der Waals surface area contributed by atoms with Crippen molar-refractivity contribution in [3.8, 4) is 17.0 Å². The first-order chi connectivity index (χ1) is 11.8. The number of nitrogens with one attached hydrogen (secondary N) is 2. The summed E-state index contributed by atoms with van der Waals surface area (Å²) in [5, 5.41) is 10.2. The summed E-state index contributed by atoms with van der Waals surface area (Å²) in [6, 6.07) is 15.5. The number of rotatable bonds is 3. The van der Waals surface area contributed by atoms with E-state index in [1.807, 2.05) is 36.4 Å². The van der Waals surface area contributed by atoms with Crippen molar-refractivity contribution in [3.05, 3.63) is 65.4 Å². The van der Waals surface area contributed by atoms with Gasteiger partial charge < -0.3 is 10.1 Å². The predicted octanol–water partition coefficient (Wildman–Crippen LogP) is 3.44. The van der Waals surface area contributed by atoms with Crippen LogP contribution in [-0.4, -0.2) is 23.2 Å². The number of fused-ring (bicyclic) bond motifs is 3. The lowest BCUT2D eigenvalue weighted by Gasteiger charge is -2.16. The molecule has 5 nitrogen and oxygen atoms in total. The van der Waals surface area contributed by atoms with Gasteiger partial charge in [0, 0.05) is 11.1 Å². The van der Waals surface area contributed by atoms with E-state index < -0.39 is 0 Å². The summed E-state index contributed by atoms with van der Waals surface area (Å²) in [7, 11) is 1.58. The van der Waals surface area contributed by atoms with E-state index in [0.29, 0.717) is 17.1 Å². The first-order valence-electron chi connectivity index (χ1n) is 7.88. The Balaban J connectivity index is 1.67. The molecule has 0 unspecified atom stereocenters. The van der Waals surface area contributed by atoms with Crippen molar-refractivity contribution in [1.29, 1.82) is 0 Å². The molecule has 120 valence electrons. The third kappa shape index (κ3) is 2.34. The maximum absolute atomic E-state index is 12.7. The van der Waals surface area contributed by atoms with Gasteiger partial charge in [0.1, 0.15) is 11.4 Å². The molecule has 1 aliphatic carbocycles. The van der Waals surface area contributed by atoms with Crippen LogP contribution in [-0.2, 0) is 12.8 Å². The van der Waals surface area contributed by atoms with Gasteiger partial charge in [0.15, 0.2) is 0 Å². The molecule has 0 saturated heterocycles. The van der Waals surface area contributed by atoms with Crippen LogP contribution in [0.4, 0.5) is 5.69 Å². The van der Waals surface area contributed by atoms with Gasteiger partial charge in [-0.1, -0.05) is 36.4 Å². The number of hydrogen-bond acceptors (Lipinski definition) is 3. The van der Waals surface area contributed by atoms with Gasteiger partial charge in [-0.15, -0.1) is 0 Å². The van der Waals surface area contributed by atoms with Crippen LogP contribution in [0.1, 0.15) is 21.6 Å². The van der Waals surface area contributed by atoms with E-state index in [4.69, 9.17) is 4.74 Å². The predicted molar refractivity (Wildman–Crippen MR) is 92.4 cm³/mol. The number of amides is 1. The summed E-state index contributed by atoms with van der Waals surface area (Å²) in [6.45, 7) is 0. The molecule has 24 heavy (non-hydrogen) atoms. The molecule has 0 spiro atoms. The average Bonchev–Trinajstić information content (AvgIpc) is 3.07. The number of anilines is 1. The second-order valence-electron chi connectivity index (χ2n) is 5.74. The van der Waals surface area contributed by atoms with Gasteiger partial charge in [0.2, 0.25) is 0 Å². The maximum Gasteiger partial charge on any atom is 0.274 e. The molecule has 3 aromatic rings. The topological polar surface area (TPSA) is 67.0 Å². The number of nitrogens with zero attached hydrogens (tertiary/aromatic N) is 1. The summed E-state index contributed by atoms with van der Waals surface area (Å²) >= 11 is 0. The van der Waals surface area contributed by atoms with Crippen molar-refractivity contribution >= 4 is 11.6 Å². The van der Waals surface area contributed by atoms with Crippen LogP contribution in [0, 0.1) is 0 Å². The highest BCUT2D eigenvalue weighted by Crippen LogP contribution is 2.33. The molecule has 4 rings (SSSR count). The Morgan fingerprint density at radius 1 is 1.12 bits per heavy atom. The molecule has 0 bridgehead atoms. The second kappa shape index (κ2) is 5.85. The van der Waals surface area contributed by atoms with Crippen LogP contribution in [0.5, 0.6) is 5.75 Å². The number of benzene rings is 2. The first-order valence-corrected chi connectivity index (χ1v) is 7.88. The molecule has 1 aliphatic rings. The van der Waals surface area contributed by atoms with Crippen LogP contribution in [0.3, 0.4) is 0 Å². The summed E-state index contributed by atoms with van der Waals surface area (Å²) in [5.41, 5.74) is 5.39. The second-order valence-corrected chi connectivity index (χ2v) is 5.74. The third-order valence-corrected chi connectivity index (χ3v) is 4.37. The van der Waals surface area contributed by atoms with Gasteiger partial charge in [-0.25, -0.2) is 0 Å². The van der Waals surface area contributed by atoms with Crippen molar-refractivity contribution in [2.24, 2.45) is 0 Å². The molecule has 5 heteroatoms. The molecular weight excluding hydrogens is 302 g/mol. The molecule has 2 N–H and O–H groups in total. The Morgan fingerprint density at radius 3 is 2.79 bits per heavy atom. The van der Waals surface area contributed by atoms with Crippen LogP contribution < -0.4 is 10.1 Å². The van der Waals surface area contributed by atoms with E-state index in [1.54, 1.807) is 7.11 Å². The number of para-hydroxylation sites is 2. The lowest BCUT2D eigenvalue weighted by molar-refractivity contribution is 0.102. The van der Waals surface area contributed by atoms with Gasteiger partial charge in [-0.2, -0.15) is 5.10 Å². The van der Waals surface area contributed by atoms with Crippen molar-refractivity contribution in [2.45, 2.75) is 12.8 Å². The van der Waals surface area contributed by atoms with Crippen LogP contribution in [0.15, 0.2) is 48.5 Å². The zero-order valence-electron chi connectivity index (χ0n) is 13.3. The van der Waals surface area contributed by atoms with Crippen LogP contribution in [0.25, 0.3) is 11.3 Å². The molecule has 1 amide bonds. The van der Waals surface area contributed by atoms with Crippen LogP contribution >= 0.6 is 0 Å². The number of carbonyl (C=O) groups is 1. The Kier molecular flexibility index (Phi) is 3.54. The fourth-order valence-electron chi connectivity index (χ4n) is 3.18. The number of carbonyl (C=O) groups excluding carboxylic acids is 1. The molecule has 1 aromatic heterocycles. The first kappa shape index (κ1) is 14.5. The lowest BCUT2D eigenvalue weighted by atomic mass is 9.89. The molecule has 0 radical (unpaired) electrons. The van der Waals surface area contributed by atoms with Crippen molar-refractivity contribution in [3.63, 3.8) is 0 Å². The standard InChI is InChI=1S/C19H17N3O2/c1-24-16-9-5-4-8-15(16)20-19(23)18-14-11-10-12-6-2-3-7-13(12)17(14)21-22-18/h2-9H,10-11H2,1H3,(H,20,23)(H,21,22). The Bertz CT molecular complexity index is 914. The SMILES string of the molecule is COc1ccccc1NC(=O)c1[nH]nc2c1CCc1ccccc1-2. The summed E-state index contributed by atoms with van der Waals surface area (Å²) in [6.07, 6.45) is 1.72. The minimum Gasteiger partial charge on any atom is -0.495 e.